The second-order valence-corrected chi connectivity index (χ2v) is 5.92. The largest absolute Gasteiger partial charge is 0.411 e. The van der Waals surface area contributed by atoms with Crippen molar-refractivity contribution >= 4 is 35.3 Å². The number of aromatic nitrogens is 2. The molecule has 0 aliphatic carbocycles. The summed E-state index contributed by atoms with van der Waals surface area (Å²) in [6.07, 6.45) is 0. The number of imide groups is 1. The van der Waals surface area contributed by atoms with E-state index in [2.05, 4.69) is 15.5 Å². The van der Waals surface area contributed by atoms with Gasteiger partial charge >= 0.3 is 6.03 Å². The van der Waals surface area contributed by atoms with Gasteiger partial charge in [0, 0.05) is 22.9 Å². The first-order valence-electron chi connectivity index (χ1n) is 6.44. The summed E-state index contributed by atoms with van der Waals surface area (Å²) < 4.78 is 5.52. The molecule has 0 atom stereocenters. The normalized spacial score (nSPS) is 14.5. The summed E-state index contributed by atoms with van der Waals surface area (Å²) in [4.78, 5) is 24.0. The number of urea groups is 1. The number of carbonyl (C=O) groups excluding carboxylic acids is 2. The van der Waals surface area contributed by atoms with Gasteiger partial charge in [0.1, 0.15) is 0 Å². The van der Waals surface area contributed by atoms with Crippen LogP contribution < -0.4 is 5.32 Å². The van der Waals surface area contributed by atoms with Crippen molar-refractivity contribution in [1.82, 2.24) is 20.4 Å². The van der Waals surface area contributed by atoms with Gasteiger partial charge < -0.3 is 9.73 Å². The molecule has 3 amide bonds. The van der Waals surface area contributed by atoms with Gasteiger partial charge in [-0.1, -0.05) is 23.4 Å². The van der Waals surface area contributed by atoms with Crippen molar-refractivity contribution in [2.45, 2.75) is 5.22 Å². The van der Waals surface area contributed by atoms with Gasteiger partial charge in [0.25, 0.3) is 5.22 Å². The summed E-state index contributed by atoms with van der Waals surface area (Å²) in [5.74, 6) is 0.661. The Morgan fingerprint density at radius 1 is 1.27 bits per heavy atom. The number of nitrogens with zero attached hydrogens (tertiary/aromatic N) is 3. The third-order valence-corrected chi connectivity index (χ3v) is 4.03. The van der Waals surface area contributed by atoms with Crippen LogP contribution in [0.5, 0.6) is 0 Å². The predicted molar refractivity (Wildman–Crippen MR) is 80.6 cm³/mol. The zero-order valence-corrected chi connectivity index (χ0v) is 12.9. The third kappa shape index (κ3) is 3.23. The van der Waals surface area contributed by atoms with Crippen molar-refractivity contribution < 1.29 is 14.0 Å². The molecule has 0 bridgehead atoms. The standard InChI is InChI=1S/C13H11ClN4O3S/c14-9-3-1-8(2-4-9)11-16-17-13(21-11)22-6-5-18-10(19)7-15-12(18)20/h1-4H,5-7H2,(H,15,20). The fourth-order valence-corrected chi connectivity index (χ4v) is 2.69. The highest BCUT2D eigenvalue weighted by Crippen LogP contribution is 2.24. The van der Waals surface area contributed by atoms with E-state index in [1.807, 2.05) is 0 Å². The second kappa shape index (κ2) is 6.37. The smallest absolute Gasteiger partial charge is 0.324 e. The molecule has 1 N–H and O–H groups in total. The molecular formula is C13H11ClN4O3S. The Bertz CT molecular complexity index is 688. The first-order valence-corrected chi connectivity index (χ1v) is 7.80. The van der Waals surface area contributed by atoms with Gasteiger partial charge in [0.2, 0.25) is 11.8 Å². The molecule has 0 unspecified atom stereocenters. The van der Waals surface area contributed by atoms with Crippen molar-refractivity contribution in [3.63, 3.8) is 0 Å². The molecule has 9 heteroatoms. The van der Waals surface area contributed by atoms with Crippen LogP contribution in [-0.2, 0) is 4.79 Å². The Balaban J connectivity index is 1.57. The number of hydrogen-bond acceptors (Lipinski definition) is 6. The van der Waals surface area contributed by atoms with Crippen LogP contribution in [0.4, 0.5) is 4.79 Å². The molecule has 2 heterocycles. The van der Waals surface area contributed by atoms with Crippen LogP contribution in [-0.4, -0.2) is 45.9 Å². The number of carbonyl (C=O) groups is 2. The Morgan fingerprint density at radius 3 is 2.73 bits per heavy atom. The number of nitrogens with one attached hydrogen (secondary N) is 1. The van der Waals surface area contributed by atoms with Crippen molar-refractivity contribution in [2.24, 2.45) is 0 Å². The molecule has 0 spiro atoms. The van der Waals surface area contributed by atoms with E-state index in [9.17, 15) is 9.59 Å². The van der Waals surface area contributed by atoms with E-state index < -0.39 is 0 Å². The van der Waals surface area contributed by atoms with Crippen LogP contribution in [0.2, 0.25) is 5.02 Å². The summed E-state index contributed by atoms with van der Waals surface area (Å²) in [7, 11) is 0. The molecule has 0 radical (unpaired) electrons. The van der Waals surface area contributed by atoms with E-state index in [1.165, 1.54) is 16.7 Å². The van der Waals surface area contributed by atoms with Crippen molar-refractivity contribution in [2.75, 3.05) is 18.8 Å². The maximum absolute atomic E-state index is 11.4. The number of halogens is 1. The van der Waals surface area contributed by atoms with Crippen molar-refractivity contribution in [3.05, 3.63) is 29.3 Å². The SMILES string of the molecule is O=C1CNC(=O)N1CCSc1nnc(-c2ccc(Cl)cc2)o1. The van der Waals surface area contributed by atoms with Crippen LogP contribution in [0.1, 0.15) is 0 Å². The van der Waals surface area contributed by atoms with Crippen LogP contribution in [0, 0.1) is 0 Å². The van der Waals surface area contributed by atoms with Gasteiger partial charge in [0.05, 0.1) is 6.54 Å². The monoisotopic (exact) mass is 338 g/mol. The molecule has 114 valence electrons. The minimum absolute atomic E-state index is 0.0603. The van der Waals surface area contributed by atoms with E-state index in [-0.39, 0.29) is 18.5 Å². The van der Waals surface area contributed by atoms with E-state index >= 15 is 0 Å². The van der Waals surface area contributed by atoms with Gasteiger partial charge in [-0.25, -0.2) is 4.79 Å². The quantitative estimate of drug-likeness (QED) is 0.663. The molecule has 1 aromatic heterocycles. The lowest BCUT2D eigenvalue weighted by Gasteiger charge is -2.10. The zero-order valence-electron chi connectivity index (χ0n) is 11.3. The van der Waals surface area contributed by atoms with Crippen LogP contribution in [0.25, 0.3) is 11.5 Å². The van der Waals surface area contributed by atoms with E-state index in [4.69, 9.17) is 16.0 Å². The number of thioether (sulfide) groups is 1. The van der Waals surface area contributed by atoms with Gasteiger partial charge in [-0.3, -0.25) is 9.69 Å². The Hall–Kier alpha value is -2.06. The first-order chi connectivity index (χ1) is 10.6. The van der Waals surface area contributed by atoms with E-state index in [0.29, 0.717) is 28.4 Å². The Morgan fingerprint density at radius 2 is 2.05 bits per heavy atom. The van der Waals surface area contributed by atoms with Crippen LogP contribution in [0.3, 0.4) is 0 Å². The summed E-state index contributed by atoms with van der Waals surface area (Å²) in [5, 5.41) is 11.4. The lowest BCUT2D eigenvalue weighted by Crippen LogP contribution is -2.32. The maximum atomic E-state index is 11.4. The number of rotatable bonds is 5. The van der Waals surface area contributed by atoms with Gasteiger partial charge in [-0.05, 0) is 24.3 Å². The number of hydrogen-bond donors (Lipinski definition) is 1. The van der Waals surface area contributed by atoms with Crippen LogP contribution >= 0.6 is 23.4 Å². The average Bonchev–Trinajstić information content (AvgIpc) is 3.10. The second-order valence-electron chi connectivity index (χ2n) is 4.43. The third-order valence-electron chi connectivity index (χ3n) is 2.98. The van der Waals surface area contributed by atoms with E-state index in [0.717, 1.165) is 5.56 Å². The fraction of sp³-hybridized carbons (Fsp3) is 0.231. The highest BCUT2D eigenvalue weighted by molar-refractivity contribution is 7.99. The first kappa shape index (κ1) is 14.9. The van der Waals surface area contributed by atoms with Crippen molar-refractivity contribution in [3.8, 4) is 11.5 Å². The predicted octanol–water partition coefficient (Wildman–Crippen LogP) is 2.03. The summed E-state index contributed by atoms with van der Waals surface area (Å²) in [6, 6.07) is 6.70. The number of amides is 3. The zero-order chi connectivity index (χ0) is 15.5. The lowest BCUT2D eigenvalue weighted by molar-refractivity contribution is -0.124. The highest BCUT2D eigenvalue weighted by Gasteiger charge is 2.27. The molecule has 1 aromatic carbocycles. The molecule has 0 saturated carbocycles. The van der Waals surface area contributed by atoms with Gasteiger partial charge in [-0.15, -0.1) is 10.2 Å². The minimum Gasteiger partial charge on any atom is -0.411 e. The number of benzene rings is 1. The molecule has 22 heavy (non-hydrogen) atoms. The molecule has 1 fully saturated rings. The van der Waals surface area contributed by atoms with E-state index in [1.54, 1.807) is 24.3 Å². The molecule has 1 aliphatic heterocycles. The molecule has 1 saturated heterocycles. The molecule has 2 aromatic rings. The summed E-state index contributed by atoms with van der Waals surface area (Å²) >= 11 is 7.11. The molecule has 7 nitrogen and oxygen atoms in total. The Kier molecular flexibility index (Phi) is 4.30. The molecular weight excluding hydrogens is 328 g/mol. The lowest BCUT2D eigenvalue weighted by atomic mass is 10.2. The van der Waals surface area contributed by atoms with Crippen molar-refractivity contribution in [1.29, 1.82) is 0 Å². The average molecular weight is 339 g/mol. The maximum Gasteiger partial charge on any atom is 0.324 e. The molecule has 3 rings (SSSR count). The van der Waals surface area contributed by atoms with Gasteiger partial charge in [0.15, 0.2) is 0 Å². The van der Waals surface area contributed by atoms with Gasteiger partial charge in [-0.2, -0.15) is 0 Å². The Labute approximate surface area is 135 Å². The summed E-state index contributed by atoms with van der Waals surface area (Å²) in [6.45, 7) is 0.360. The fourth-order valence-electron chi connectivity index (χ4n) is 1.88. The summed E-state index contributed by atoms with van der Waals surface area (Å²) in [5.41, 5.74) is 0.776. The van der Waals surface area contributed by atoms with Crippen LogP contribution in [0.15, 0.2) is 33.9 Å². The minimum atomic E-state index is -0.363. The molecule has 1 aliphatic rings. The highest BCUT2D eigenvalue weighted by atomic mass is 35.5. The topological polar surface area (TPSA) is 88.3 Å².